The van der Waals surface area contributed by atoms with Crippen molar-refractivity contribution >= 4 is 49.3 Å². The van der Waals surface area contributed by atoms with Gasteiger partial charge in [0.1, 0.15) is 11.2 Å². The first-order valence-corrected chi connectivity index (χ1v) is 16.8. The quantitative estimate of drug-likeness (QED) is 0.202. The number of benzene rings is 6. The van der Waals surface area contributed by atoms with Crippen LogP contribution in [0.1, 0.15) is 5.56 Å². The molecule has 0 saturated heterocycles. The molecule has 0 atom stereocenters. The van der Waals surface area contributed by atoms with Crippen molar-refractivity contribution in [1.29, 1.82) is 0 Å². The van der Waals surface area contributed by atoms with E-state index < -0.39 is 0 Å². The largest absolute Gasteiger partial charge is 0.455 e. The van der Waals surface area contributed by atoms with Crippen molar-refractivity contribution in [1.82, 2.24) is 24.8 Å². The number of rotatable bonds is 5. The molecule has 1 aliphatic rings. The van der Waals surface area contributed by atoms with Gasteiger partial charge in [-0.15, -0.1) is 0 Å². The van der Waals surface area contributed by atoms with Crippen LogP contribution in [0.25, 0.3) is 89.2 Å². The minimum absolute atomic E-state index is 0.562. The molecule has 0 saturated carbocycles. The van der Waals surface area contributed by atoms with Gasteiger partial charge in [-0.25, -0.2) is 15.0 Å². The second-order valence-electron chi connectivity index (χ2n) is 12.5. The van der Waals surface area contributed by atoms with E-state index in [9.17, 15) is 0 Å². The number of furan rings is 1. The zero-order valence-corrected chi connectivity index (χ0v) is 26.9. The predicted molar refractivity (Wildman–Crippen MR) is 203 cm³/mol. The van der Waals surface area contributed by atoms with Crippen molar-refractivity contribution in [2.75, 3.05) is 6.54 Å². The van der Waals surface area contributed by atoms with Gasteiger partial charge in [-0.3, -0.25) is 0 Å². The Balaban J connectivity index is 1.29. The van der Waals surface area contributed by atoms with Crippen molar-refractivity contribution in [3.63, 3.8) is 0 Å². The Morgan fingerprint density at radius 2 is 1.20 bits per heavy atom. The van der Waals surface area contributed by atoms with Crippen LogP contribution >= 0.6 is 0 Å². The first-order valence-electron chi connectivity index (χ1n) is 16.8. The summed E-state index contributed by atoms with van der Waals surface area (Å²) in [4.78, 5) is 15.1. The summed E-state index contributed by atoms with van der Waals surface area (Å²) in [5, 5.41) is 7.75. The molecule has 1 aliphatic heterocycles. The fourth-order valence-corrected chi connectivity index (χ4v) is 7.20. The van der Waals surface area contributed by atoms with E-state index in [4.69, 9.17) is 19.4 Å². The van der Waals surface area contributed by atoms with Crippen LogP contribution in [0.5, 0.6) is 0 Å². The van der Waals surface area contributed by atoms with Crippen LogP contribution in [0.3, 0.4) is 0 Å². The smallest absolute Gasteiger partial charge is 0.167 e. The molecule has 0 amide bonds. The minimum atomic E-state index is 0.562. The fraction of sp³-hybridized carbons (Fsp3) is 0.0227. The molecule has 4 heterocycles. The van der Waals surface area contributed by atoms with Gasteiger partial charge in [0, 0.05) is 51.0 Å². The zero-order valence-electron chi connectivity index (χ0n) is 26.9. The number of nitrogens with zero attached hydrogens (tertiary/aromatic N) is 4. The van der Waals surface area contributed by atoms with E-state index in [1.165, 1.54) is 10.8 Å². The van der Waals surface area contributed by atoms with Crippen molar-refractivity contribution in [2.24, 2.45) is 0 Å². The average molecular weight is 644 g/mol. The van der Waals surface area contributed by atoms with E-state index in [0.717, 1.165) is 73.0 Å². The molecule has 0 unspecified atom stereocenters. The summed E-state index contributed by atoms with van der Waals surface area (Å²) < 4.78 is 9.30. The van der Waals surface area contributed by atoms with Crippen molar-refractivity contribution < 1.29 is 4.42 Å². The Bertz CT molecular complexity index is 2740. The summed E-state index contributed by atoms with van der Waals surface area (Å²) in [6.07, 6.45) is 6.35. The number of hydrogen-bond acceptors (Lipinski definition) is 5. The van der Waals surface area contributed by atoms with Gasteiger partial charge in [0.25, 0.3) is 0 Å². The average Bonchev–Trinajstić information content (AvgIpc) is 3.73. The maximum absolute atomic E-state index is 6.97. The van der Waals surface area contributed by atoms with Crippen LogP contribution in [0, 0.1) is 0 Å². The maximum Gasteiger partial charge on any atom is 0.167 e. The summed E-state index contributed by atoms with van der Waals surface area (Å²) in [6.45, 7) is 0.758. The number of fused-ring (bicyclic) bond motifs is 6. The molecule has 0 fully saturated rings. The third-order valence-electron chi connectivity index (χ3n) is 9.50. The molecular weight excluding hydrogens is 615 g/mol. The molecule has 6 aromatic carbocycles. The number of allylic oxidation sites excluding steroid dienone is 2. The van der Waals surface area contributed by atoms with Gasteiger partial charge in [0.2, 0.25) is 0 Å². The van der Waals surface area contributed by atoms with Crippen LogP contribution in [-0.2, 0) is 0 Å². The predicted octanol–water partition coefficient (Wildman–Crippen LogP) is 10.4. The lowest BCUT2D eigenvalue weighted by atomic mass is 9.95. The summed E-state index contributed by atoms with van der Waals surface area (Å²) >= 11 is 0. The van der Waals surface area contributed by atoms with E-state index in [2.05, 4.69) is 101 Å². The summed E-state index contributed by atoms with van der Waals surface area (Å²) in [5.41, 5.74) is 9.81. The third-order valence-corrected chi connectivity index (χ3v) is 9.50. The SMILES string of the molecule is C1=CC(c2ccc(-c3nc(-c4ccccc4)nc(-c4ccccc4)n3)c3oc4cc5c(cc4c23)c2ccccc2n5-c2ccccc2)=CCN1. The first kappa shape index (κ1) is 28.2. The molecule has 6 heteroatoms. The molecule has 6 nitrogen and oxygen atoms in total. The summed E-state index contributed by atoms with van der Waals surface area (Å²) in [5.74, 6) is 1.79. The Morgan fingerprint density at radius 3 is 1.90 bits per heavy atom. The molecule has 236 valence electrons. The molecule has 50 heavy (non-hydrogen) atoms. The van der Waals surface area contributed by atoms with Crippen LogP contribution in [0.4, 0.5) is 0 Å². The van der Waals surface area contributed by atoms with Crippen molar-refractivity contribution in [3.05, 3.63) is 163 Å². The molecule has 3 aromatic heterocycles. The number of aromatic nitrogens is 4. The van der Waals surface area contributed by atoms with Crippen molar-refractivity contribution in [2.45, 2.75) is 0 Å². The molecule has 0 bridgehead atoms. The number of para-hydroxylation sites is 2. The fourth-order valence-electron chi connectivity index (χ4n) is 7.20. The minimum Gasteiger partial charge on any atom is -0.455 e. The Labute approximate surface area is 287 Å². The highest BCUT2D eigenvalue weighted by Crippen LogP contribution is 2.43. The third kappa shape index (κ3) is 4.54. The Kier molecular flexibility index (Phi) is 6.45. The van der Waals surface area contributed by atoms with E-state index in [-0.39, 0.29) is 0 Å². The van der Waals surface area contributed by atoms with Crippen molar-refractivity contribution in [3.8, 4) is 39.9 Å². The second-order valence-corrected chi connectivity index (χ2v) is 12.5. The van der Waals surface area contributed by atoms with Crippen LogP contribution < -0.4 is 5.32 Å². The lowest BCUT2D eigenvalue weighted by Gasteiger charge is -2.12. The normalized spacial score (nSPS) is 12.9. The van der Waals surface area contributed by atoms with E-state index in [0.29, 0.717) is 17.5 Å². The van der Waals surface area contributed by atoms with Gasteiger partial charge in [-0.2, -0.15) is 0 Å². The lowest BCUT2D eigenvalue weighted by molar-refractivity contribution is 0.670. The Hall–Kier alpha value is -6.79. The number of hydrogen-bond donors (Lipinski definition) is 1. The molecular formula is C44H29N5O. The monoisotopic (exact) mass is 643 g/mol. The molecule has 1 N–H and O–H groups in total. The lowest BCUT2D eigenvalue weighted by Crippen LogP contribution is -2.08. The first-order chi connectivity index (χ1) is 24.8. The standard InChI is InChI=1S/C44H29N5O/c1-4-12-29(13-5-1)42-46-43(30-14-6-2-7-15-30)48-44(47-42)34-21-20-32(28-22-24-45-25-23-28)40-36-26-35-33-18-10-11-19-37(33)49(31-16-8-3-9-17-31)38(35)27-39(36)50-41(34)40/h1-24,26-27,45H,25H2. The second kappa shape index (κ2) is 11.4. The van der Waals surface area contributed by atoms with Gasteiger partial charge in [0.05, 0.1) is 16.6 Å². The number of nitrogens with one attached hydrogen (secondary N) is 1. The molecule has 0 aliphatic carbocycles. The van der Waals surface area contributed by atoms with E-state index in [1.807, 2.05) is 66.9 Å². The van der Waals surface area contributed by atoms with Gasteiger partial charge >= 0.3 is 0 Å². The maximum atomic E-state index is 6.97. The highest BCUT2D eigenvalue weighted by Gasteiger charge is 2.23. The molecule has 10 rings (SSSR count). The van der Waals surface area contributed by atoms with Crippen LogP contribution in [0.2, 0.25) is 0 Å². The van der Waals surface area contributed by atoms with E-state index in [1.54, 1.807) is 0 Å². The zero-order chi connectivity index (χ0) is 33.0. The molecule has 0 radical (unpaired) electrons. The summed E-state index contributed by atoms with van der Waals surface area (Å²) in [6, 6.07) is 48.0. The highest BCUT2D eigenvalue weighted by molar-refractivity contribution is 6.21. The summed E-state index contributed by atoms with van der Waals surface area (Å²) in [7, 11) is 0. The molecule has 9 aromatic rings. The van der Waals surface area contributed by atoms with Gasteiger partial charge in [-0.05, 0) is 53.7 Å². The Morgan fingerprint density at radius 1 is 0.560 bits per heavy atom. The van der Waals surface area contributed by atoms with Crippen LogP contribution in [0.15, 0.2) is 162 Å². The van der Waals surface area contributed by atoms with E-state index >= 15 is 0 Å². The topological polar surface area (TPSA) is 68.8 Å². The van der Waals surface area contributed by atoms with Gasteiger partial charge in [-0.1, -0.05) is 109 Å². The van der Waals surface area contributed by atoms with Gasteiger partial charge in [0.15, 0.2) is 17.5 Å². The van der Waals surface area contributed by atoms with Gasteiger partial charge < -0.3 is 14.3 Å². The molecule has 0 spiro atoms. The van der Waals surface area contributed by atoms with Crippen LogP contribution in [-0.4, -0.2) is 26.1 Å². The highest BCUT2D eigenvalue weighted by atomic mass is 16.3. The number of dihydropyridines is 1.